The summed E-state index contributed by atoms with van der Waals surface area (Å²) >= 11 is 12.5. The van der Waals surface area contributed by atoms with E-state index in [2.05, 4.69) is 12.6 Å². The van der Waals surface area contributed by atoms with E-state index in [-0.39, 0.29) is 23.8 Å². The van der Waals surface area contributed by atoms with Gasteiger partial charge in [-0.15, -0.1) is 6.58 Å². The van der Waals surface area contributed by atoms with Crippen molar-refractivity contribution in [2.24, 2.45) is 11.3 Å². The zero-order chi connectivity index (χ0) is 22.2. The fraction of sp³-hybridized carbons (Fsp3) is 0.385. The van der Waals surface area contributed by atoms with Gasteiger partial charge in [0.1, 0.15) is 6.29 Å². The summed E-state index contributed by atoms with van der Waals surface area (Å²) in [4.78, 5) is 28.1. The molecule has 2 fully saturated rings. The standard InChI is InChI=1S/C26H27Cl2NO2/c1-3-13-26(2)15-22(19-5-4-6-21(28)14-19)24(18-9-11-20(27)12-10-18)29(25(26)31)23(16-30)17-7-8-17/h3-6,9-12,14,16-17,22-24H,1,7-8,13,15H2,2H3. The third kappa shape index (κ3) is 4.31. The molecule has 0 spiro atoms. The Hall–Kier alpha value is -2.10. The van der Waals surface area contributed by atoms with E-state index < -0.39 is 11.5 Å². The number of carbonyl (C=O) groups is 2. The van der Waals surface area contributed by atoms with Crippen LogP contribution in [0.15, 0.2) is 61.2 Å². The van der Waals surface area contributed by atoms with Gasteiger partial charge < -0.3 is 9.69 Å². The van der Waals surface area contributed by atoms with Gasteiger partial charge in [0.05, 0.1) is 17.5 Å². The summed E-state index contributed by atoms with van der Waals surface area (Å²) < 4.78 is 0. The van der Waals surface area contributed by atoms with E-state index in [1.165, 1.54) is 0 Å². The SMILES string of the molecule is C=CCC1(C)CC(c2cccc(Cl)c2)C(c2ccc(Cl)cc2)N(C(C=O)C2CC2)C1=O. The maximum atomic E-state index is 13.9. The number of benzene rings is 2. The van der Waals surface area contributed by atoms with Gasteiger partial charge in [0.15, 0.2) is 0 Å². The molecular formula is C26H27Cl2NO2. The van der Waals surface area contributed by atoms with E-state index in [9.17, 15) is 9.59 Å². The Bertz CT molecular complexity index is 985. The van der Waals surface area contributed by atoms with Crippen LogP contribution in [0.25, 0.3) is 0 Å². The second-order valence-corrected chi connectivity index (χ2v) is 9.96. The zero-order valence-corrected chi connectivity index (χ0v) is 19.1. The number of hydrogen-bond donors (Lipinski definition) is 0. The number of likely N-dealkylation sites (tertiary alicyclic amines) is 1. The Balaban J connectivity index is 1.90. The number of rotatable bonds is 7. The number of hydrogen-bond acceptors (Lipinski definition) is 2. The Morgan fingerprint density at radius 1 is 1.13 bits per heavy atom. The van der Waals surface area contributed by atoms with Crippen LogP contribution in [0.3, 0.4) is 0 Å². The van der Waals surface area contributed by atoms with Crippen LogP contribution in [0, 0.1) is 11.3 Å². The minimum absolute atomic E-state index is 0.0104. The largest absolute Gasteiger partial charge is 0.325 e. The molecule has 1 amide bonds. The van der Waals surface area contributed by atoms with Crippen LogP contribution in [-0.2, 0) is 9.59 Å². The van der Waals surface area contributed by atoms with E-state index in [4.69, 9.17) is 23.2 Å². The van der Waals surface area contributed by atoms with Gasteiger partial charge in [-0.05, 0) is 67.0 Å². The molecule has 0 N–H and O–H groups in total. The molecule has 5 heteroatoms. The van der Waals surface area contributed by atoms with Crippen LogP contribution < -0.4 is 0 Å². The monoisotopic (exact) mass is 455 g/mol. The van der Waals surface area contributed by atoms with Gasteiger partial charge in [-0.25, -0.2) is 0 Å². The summed E-state index contributed by atoms with van der Waals surface area (Å²) in [5.41, 5.74) is 1.42. The second-order valence-electron chi connectivity index (χ2n) is 9.09. The molecule has 4 rings (SSSR count). The highest BCUT2D eigenvalue weighted by atomic mass is 35.5. The molecule has 1 aliphatic heterocycles. The predicted octanol–water partition coefficient (Wildman–Crippen LogP) is 6.61. The first-order valence-electron chi connectivity index (χ1n) is 10.8. The van der Waals surface area contributed by atoms with Gasteiger partial charge >= 0.3 is 0 Å². The van der Waals surface area contributed by atoms with Gasteiger partial charge in [-0.1, -0.05) is 60.5 Å². The van der Waals surface area contributed by atoms with Crippen LogP contribution in [0.1, 0.15) is 55.7 Å². The van der Waals surface area contributed by atoms with E-state index in [0.29, 0.717) is 22.9 Å². The topological polar surface area (TPSA) is 37.4 Å². The maximum Gasteiger partial charge on any atom is 0.229 e. The molecule has 2 aromatic carbocycles. The van der Waals surface area contributed by atoms with Crippen molar-refractivity contribution in [1.82, 2.24) is 4.90 Å². The summed E-state index contributed by atoms with van der Waals surface area (Å²) in [6.45, 7) is 5.89. The van der Waals surface area contributed by atoms with Crippen molar-refractivity contribution in [2.45, 2.75) is 50.6 Å². The molecule has 31 heavy (non-hydrogen) atoms. The lowest BCUT2D eigenvalue weighted by atomic mass is 9.67. The lowest BCUT2D eigenvalue weighted by Crippen LogP contribution is -2.56. The first-order chi connectivity index (χ1) is 14.9. The van der Waals surface area contributed by atoms with Crippen molar-refractivity contribution in [3.8, 4) is 0 Å². The van der Waals surface area contributed by atoms with Gasteiger partial charge in [0, 0.05) is 16.0 Å². The molecular weight excluding hydrogens is 429 g/mol. The van der Waals surface area contributed by atoms with E-state index in [1.54, 1.807) is 6.08 Å². The Kier molecular flexibility index (Phi) is 6.27. The number of carbonyl (C=O) groups excluding carboxylic acids is 2. The van der Waals surface area contributed by atoms with Gasteiger partial charge in [0.2, 0.25) is 5.91 Å². The third-order valence-electron chi connectivity index (χ3n) is 6.75. The molecule has 2 aromatic rings. The molecule has 1 saturated carbocycles. The van der Waals surface area contributed by atoms with Crippen molar-refractivity contribution in [3.05, 3.63) is 82.4 Å². The van der Waals surface area contributed by atoms with Crippen LogP contribution in [0.5, 0.6) is 0 Å². The Morgan fingerprint density at radius 2 is 1.84 bits per heavy atom. The molecule has 0 bridgehead atoms. The normalized spacial score (nSPS) is 27.1. The molecule has 1 saturated heterocycles. The number of allylic oxidation sites excluding steroid dienone is 1. The number of nitrogens with zero attached hydrogens (tertiary/aromatic N) is 1. The van der Waals surface area contributed by atoms with Crippen molar-refractivity contribution in [2.75, 3.05) is 0 Å². The van der Waals surface area contributed by atoms with E-state index in [0.717, 1.165) is 30.3 Å². The number of aldehydes is 1. The van der Waals surface area contributed by atoms with Crippen molar-refractivity contribution in [3.63, 3.8) is 0 Å². The molecule has 4 atom stereocenters. The molecule has 1 heterocycles. The first-order valence-corrected chi connectivity index (χ1v) is 11.5. The van der Waals surface area contributed by atoms with Crippen LogP contribution in [0.2, 0.25) is 10.0 Å². The second kappa shape index (κ2) is 8.80. The van der Waals surface area contributed by atoms with Gasteiger partial charge in [-0.2, -0.15) is 0 Å². The molecule has 2 aliphatic rings. The molecule has 162 valence electrons. The highest BCUT2D eigenvalue weighted by molar-refractivity contribution is 6.30. The summed E-state index contributed by atoms with van der Waals surface area (Å²) in [6.07, 6.45) is 5.93. The fourth-order valence-corrected chi connectivity index (χ4v) is 5.38. The highest BCUT2D eigenvalue weighted by Gasteiger charge is 2.53. The minimum Gasteiger partial charge on any atom is -0.325 e. The molecule has 0 radical (unpaired) electrons. The lowest BCUT2D eigenvalue weighted by molar-refractivity contribution is -0.156. The highest BCUT2D eigenvalue weighted by Crippen LogP contribution is 2.53. The summed E-state index contributed by atoms with van der Waals surface area (Å²) in [6, 6.07) is 14.8. The van der Waals surface area contributed by atoms with Crippen molar-refractivity contribution in [1.29, 1.82) is 0 Å². The molecule has 0 aromatic heterocycles. The van der Waals surface area contributed by atoms with Crippen molar-refractivity contribution >= 4 is 35.4 Å². The van der Waals surface area contributed by atoms with Gasteiger partial charge in [0.25, 0.3) is 0 Å². The van der Waals surface area contributed by atoms with Gasteiger partial charge in [-0.3, -0.25) is 4.79 Å². The molecule has 1 aliphatic carbocycles. The maximum absolute atomic E-state index is 13.9. The van der Waals surface area contributed by atoms with E-state index >= 15 is 0 Å². The lowest BCUT2D eigenvalue weighted by Gasteiger charge is -2.51. The fourth-order valence-electron chi connectivity index (χ4n) is 5.06. The number of piperidine rings is 1. The molecule has 4 unspecified atom stereocenters. The van der Waals surface area contributed by atoms with E-state index in [1.807, 2.05) is 54.3 Å². The first kappa shape index (κ1) is 22.1. The van der Waals surface area contributed by atoms with Crippen molar-refractivity contribution < 1.29 is 9.59 Å². The third-order valence-corrected chi connectivity index (χ3v) is 7.24. The number of amides is 1. The quantitative estimate of drug-likeness (QED) is 0.347. The van der Waals surface area contributed by atoms with Crippen LogP contribution in [0.4, 0.5) is 0 Å². The smallest absolute Gasteiger partial charge is 0.229 e. The summed E-state index contributed by atoms with van der Waals surface area (Å²) in [5, 5.41) is 1.30. The summed E-state index contributed by atoms with van der Waals surface area (Å²) in [5.74, 6) is 0.237. The average Bonchev–Trinajstić information content (AvgIpc) is 3.58. The summed E-state index contributed by atoms with van der Waals surface area (Å²) in [7, 11) is 0. The van der Waals surface area contributed by atoms with Crippen LogP contribution >= 0.6 is 23.2 Å². The Labute approximate surface area is 194 Å². The zero-order valence-electron chi connectivity index (χ0n) is 17.6. The minimum atomic E-state index is -0.631. The molecule has 3 nitrogen and oxygen atoms in total. The Morgan fingerprint density at radius 3 is 2.42 bits per heavy atom. The average molecular weight is 456 g/mol. The predicted molar refractivity (Wildman–Crippen MR) is 125 cm³/mol. The van der Waals surface area contributed by atoms with Crippen LogP contribution in [-0.4, -0.2) is 23.1 Å². The number of halogens is 2.